The Morgan fingerprint density at radius 2 is 1.95 bits per heavy atom. The zero-order valence-electron chi connectivity index (χ0n) is 12.3. The highest BCUT2D eigenvalue weighted by Crippen LogP contribution is 2.16. The molecule has 20 heavy (non-hydrogen) atoms. The van der Waals surface area contributed by atoms with Gasteiger partial charge in [0.2, 0.25) is 0 Å². The Morgan fingerprint density at radius 3 is 2.50 bits per heavy atom. The first-order chi connectivity index (χ1) is 9.43. The van der Waals surface area contributed by atoms with Crippen molar-refractivity contribution in [1.29, 1.82) is 0 Å². The van der Waals surface area contributed by atoms with Crippen LogP contribution in [0.15, 0.2) is 23.3 Å². The van der Waals surface area contributed by atoms with Crippen LogP contribution in [0.2, 0.25) is 0 Å². The number of hydrogen-bond acceptors (Lipinski definition) is 3. The number of rotatable bonds is 4. The van der Waals surface area contributed by atoms with Crippen molar-refractivity contribution in [2.45, 2.75) is 40.8 Å². The van der Waals surface area contributed by atoms with E-state index in [1.54, 1.807) is 6.92 Å². The molecule has 106 valence electrons. The van der Waals surface area contributed by atoms with Crippen molar-refractivity contribution >= 4 is 5.78 Å². The molecule has 0 bridgehead atoms. The van der Waals surface area contributed by atoms with Crippen molar-refractivity contribution in [3.8, 4) is 0 Å². The molecule has 2 rings (SSSR count). The van der Waals surface area contributed by atoms with Gasteiger partial charge in [0, 0.05) is 35.3 Å². The Labute approximate surface area is 117 Å². The molecular formula is C15H19N3O2. The van der Waals surface area contributed by atoms with E-state index in [1.807, 2.05) is 26.8 Å². The third kappa shape index (κ3) is 2.57. The number of aryl methyl sites for hydroxylation is 2. The average Bonchev–Trinajstić information content (AvgIpc) is 2.68. The Balaban J connectivity index is 2.31. The number of hydrogen-bond donors (Lipinski definition) is 0. The standard InChI is InChI=1S/C15H19N3O2/c1-5-18-11(3)7-13(12(18)4)14(19)8-17-9-16-10(2)6-15(17)20/h6-7,9H,5,8H2,1-4H3. The third-order valence-electron chi connectivity index (χ3n) is 3.52. The first-order valence-corrected chi connectivity index (χ1v) is 6.67. The second kappa shape index (κ2) is 5.45. The lowest BCUT2D eigenvalue weighted by Gasteiger charge is -2.07. The SMILES string of the molecule is CCn1c(C)cc(C(=O)Cn2cnc(C)cc2=O)c1C. The van der Waals surface area contributed by atoms with Crippen LogP contribution in [0.3, 0.4) is 0 Å². The zero-order valence-corrected chi connectivity index (χ0v) is 12.3. The quantitative estimate of drug-likeness (QED) is 0.799. The molecule has 0 spiro atoms. The van der Waals surface area contributed by atoms with Gasteiger partial charge >= 0.3 is 0 Å². The van der Waals surface area contributed by atoms with Gasteiger partial charge in [-0.25, -0.2) is 4.98 Å². The smallest absolute Gasteiger partial charge is 0.253 e. The summed E-state index contributed by atoms with van der Waals surface area (Å²) in [4.78, 5) is 28.2. The molecule has 0 saturated carbocycles. The lowest BCUT2D eigenvalue weighted by molar-refractivity contribution is 0.0969. The van der Waals surface area contributed by atoms with Crippen molar-refractivity contribution in [1.82, 2.24) is 14.1 Å². The van der Waals surface area contributed by atoms with Crippen LogP contribution in [0, 0.1) is 20.8 Å². The summed E-state index contributed by atoms with van der Waals surface area (Å²) in [6.45, 7) is 8.56. The minimum Gasteiger partial charge on any atom is -0.349 e. The molecule has 0 fully saturated rings. The first kappa shape index (κ1) is 14.2. The van der Waals surface area contributed by atoms with E-state index in [4.69, 9.17) is 0 Å². The molecule has 2 aromatic rings. The van der Waals surface area contributed by atoms with E-state index in [0.717, 1.165) is 17.9 Å². The molecule has 0 aliphatic heterocycles. The normalized spacial score (nSPS) is 10.8. The number of carbonyl (C=O) groups excluding carboxylic acids is 1. The molecular weight excluding hydrogens is 254 g/mol. The summed E-state index contributed by atoms with van der Waals surface area (Å²) in [5, 5.41) is 0. The highest BCUT2D eigenvalue weighted by atomic mass is 16.1. The number of ketones is 1. The molecule has 0 unspecified atom stereocenters. The number of aromatic nitrogens is 3. The monoisotopic (exact) mass is 273 g/mol. The molecule has 2 heterocycles. The number of nitrogens with zero attached hydrogens (tertiary/aromatic N) is 3. The van der Waals surface area contributed by atoms with Crippen LogP contribution in [0.1, 0.15) is 34.4 Å². The molecule has 5 heteroatoms. The second-order valence-corrected chi connectivity index (χ2v) is 4.95. The van der Waals surface area contributed by atoms with Crippen LogP contribution in [-0.4, -0.2) is 19.9 Å². The van der Waals surface area contributed by atoms with Gasteiger partial charge in [0.1, 0.15) is 0 Å². The van der Waals surface area contributed by atoms with Crippen LogP contribution in [0.25, 0.3) is 0 Å². The number of carbonyl (C=O) groups is 1. The van der Waals surface area contributed by atoms with Crippen LogP contribution < -0.4 is 5.56 Å². The van der Waals surface area contributed by atoms with Crippen molar-refractivity contribution in [3.63, 3.8) is 0 Å². The van der Waals surface area contributed by atoms with Crippen LogP contribution >= 0.6 is 0 Å². The summed E-state index contributed by atoms with van der Waals surface area (Å²) in [5.74, 6) is -0.0643. The fourth-order valence-corrected chi connectivity index (χ4v) is 2.45. The third-order valence-corrected chi connectivity index (χ3v) is 3.52. The van der Waals surface area contributed by atoms with Gasteiger partial charge in [0.05, 0.1) is 12.9 Å². The van der Waals surface area contributed by atoms with E-state index >= 15 is 0 Å². The minimum absolute atomic E-state index is 0.0279. The summed E-state index contributed by atoms with van der Waals surface area (Å²) in [6.07, 6.45) is 1.43. The summed E-state index contributed by atoms with van der Waals surface area (Å²) in [5.41, 5.74) is 3.14. The van der Waals surface area contributed by atoms with Gasteiger partial charge in [-0.3, -0.25) is 14.2 Å². The predicted octanol–water partition coefficient (Wildman–Crippen LogP) is 1.87. The zero-order chi connectivity index (χ0) is 14.9. The maximum atomic E-state index is 12.4. The van der Waals surface area contributed by atoms with Gasteiger partial charge < -0.3 is 4.57 Å². The minimum atomic E-state index is -0.199. The topological polar surface area (TPSA) is 56.9 Å². The van der Waals surface area contributed by atoms with Crippen LogP contribution in [-0.2, 0) is 13.1 Å². The highest BCUT2D eigenvalue weighted by molar-refractivity contribution is 5.97. The van der Waals surface area contributed by atoms with Crippen LogP contribution in [0.4, 0.5) is 0 Å². The predicted molar refractivity (Wildman–Crippen MR) is 77.1 cm³/mol. The molecule has 2 aromatic heterocycles. The molecule has 0 radical (unpaired) electrons. The molecule has 0 aromatic carbocycles. The second-order valence-electron chi connectivity index (χ2n) is 4.95. The van der Waals surface area contributed by atoms with Crippen molar-refractivity contribution in [2.75, 3.05) is 0 Å². The van der Waals surface area contributed by atoms with Gasteiger partial charge in [0.25, 0.3) is 5.56 Å². The summed E-state index contributed by atoms with van der Waals surface area (Å²) in [7, 11) is 0. The van der Waals surface area contributed by atoms with Crippen LogP contribution in [0.5, 0.6) is 0 Å². The van der Waals surface area contributed by atoms with E-state index in [0.29, 0.717) is 11.3 Å². The molecule has 0 saturated heterocycles. The van der Waals surface area contributed by atoms with Gasteiger partial charge in [-0.2, -0.15) is 0 Å². The fraction of sp³-hybridized carbons (Fsp3) is 0.400. The van der Waals surface area contributed by atoms with Crippen molar-refractivity contribution in [3.05, 3.63) is 51.5 Å². The van der Waals surface area contributed by atoms with Gasteiger partial charge in [-0.15, -0.1) is 0 Å². The Bertz CT molecular complexity index is 710. The highest BCUT2D eigenvalue weighted by Gasteiger charge is 2.15. The molecule has 0 aliphatic carbocycles. The van der Waals surface area contributed by atoms with E-state index < -0.39 is 0 Å². The van der Waals surface area contributed by atoms with Crippen molar-refractivity contribution in [2.24, 2.45) is 0 Å². The molecule has 5 nitrogen and oxygen atoms in total. The van der Waals surface area contributed by atoms with Gasteiger partial charge in [-0.1, -0.05) is 0 Å². The molecule has 0 N–H and O–H groups in total. The summed E-state index contributed by atoms with van der Waals surface area (Å²) >= 11 is 0. The maximum Gasteiger partial charge on any atom is 0.253 e. The van der Waals surface area contributed by atoms with E-state index in [-0.39, 0.29) is 17.9 Å². The molecule has 0 atom stereocenters. The van der Waals surface area contributed by atoms with Gasteiger partial charge in [-0.05, 0) is 33.8 Å². The molecule has 0 amide bonds. The molecule has 0 aliphatic rings. The van der Waals surface area contributed by atoms with E-state index in [1.165, 1.54) is 17.0 Å². The Hall–Kier alpha value is -2.17. The lowest BCUT2D eigenvalue weighted by Crippen LogP contribution is -2.24. The maximum absolute atomic E-state index is 12.4. The lowest BCUT2D eigenvalue weighted by atomic mass is 10.1. The average molecular weight is 273 g/mol. The van der Waals surface area contributed by atoms with E-state index in [9.17, 15) is 9.59 Å². The Morgan fingerprint density at radius 1 is 1.25 bits per heavy atom. The number of Topliss-reactive ketones (excluding diaryl/α,β-unsaturated/α-hetero) is 1. The summed E-state index contributed by atoms with van der Waals surface area (Å²) < 4.78 is 3.43. The van der Waals surface area contributed by atoms with E-state index in [2.05, 4.69) is 9.55 Å². The summed E-state index contributed by atoms with van der Waals surface area (Å²) in [6, 6.07) is 3.32. The Kier molecular flexibility index (Phi) is 3.88. The van der Waals surface area contributed by atoms with Gasteiger partial charge in [0.15, 0.2) is 5.78 Å². The largest absolute Gasteiger partial charge is 0.349 e. The first-order valence-electron chi connectivity index (χ1n) is 6.67. The van der Waals surface area contributed by atoms with Crippen molar-refractivity contribution < 1.29 is 4.79 Å². The fourth-order valence-electron chi connectivity index (χ4n) is 2.45.